The fourth-order valence-corrected chi connectivity index (χ4v) is 3.75. The Hall–Kier alpha value is -1.40. The quantitative estimate of drug-likeness (QED) is 0.630. The van der Waals surface area contributed by atoms with Crippen LogP contribution < -0.4 is 5.48 Å². The molecular formula is C16H23NO5. The van der Waals surface area contributed by atoms with E-state index in [1.54, 1.807) is 0 Å². The first-order valence-corrected chi connectivity index (χ1v) is 8.02. The summed E-state index contributed by atoms with van der Waals surface area (Å²) in [5.41, 5.74) is 2.77. The smallest absolute Gasteiger partial charge is 0.356 e. The summed E-state index contributed by atoms with van der Waals surface area (Å²) in [7, 11) is 1.31. The van der Waals surface area contributed by atoms with Gasteiger partial charge < -0.3 is 14.3 Å². The van der Waals surface area contributed by atoms with E-state index in [4.69, 9.17) is 14.3 Å². The summed E-state index contributed by atoms with van der Waals surface area (Å²) in [6.45, 7) is 1.83. The zero-order chi connectivity index (χ0) is 15.7. The molecule has 6 nitrogen and oxygen atoms in total. The first-order valence-electron chi connectivity index (χ1n) is 8.02. The molecule has 0 spiro atoms. The lowest BCUT2D eigenvalue weighted by atomic mass is 9.83. The Morgan fingerprint density at radius 3 is 2.59 bits per heavy atom. The van der Waals surface area contributed by atoms with Crippen LogP contribution in [0.2, 0.25) is 0 Å². The van der Waals surface area contributed by atoms with Gasteiger partial charge in [-0.15, -0.1) is 5.48 Å². The second-order valence-electron chi connectivity index (χ2n) is 6.50. The first kappa shape index (κ1) is 15.5. The molecule has 0 aromatic rings. The van der Waals surface area contributed by atoms with Gasteiger partial charge in [0.2, 0.25) is 0 Å². The molecule has 0 aromatic carbocycles. The van der Waals surface area contributed by atoms with Crippen molar-refractivity contribution < 1.29 is 23.9 Å². The lowest BCUT2D eigenvalue weighted by molar-refractivity contribution is -0.151. The summed E-state index contributed by atoms with van der Waals surface area (Å²) in [5.74, 6) is -1.02. The molecule has 6 heteroatoms. The number of hydrogen-bond acceptors (Lipinski definition) is 6. The predicted octanol–water partition coefficient (Wildman–Crippen LogP) is 1.79. The lowest BCUT2D eigenvalue weighted by Gasteiger charge is -2.25. The van der Waals surface area contributed by atoms with Gasteiger partial charge in [0.25, 0.3) is 0 Å². The molecule has 0 amide bonds. The number of carbonyl (C=O) groups excluding carboxylic acids is 2. The highest BCUT2D eigenvalue weighted by Gasteiger charge is 2.55. The first-order chi connectivity index (χ1) is 10.5. The third-order valence-corrected chi connectivity index (χ3v) is 4.94. The van der Waals surface area contributed by atoms with Crippen molar-refractivity contribution in [1.82, 2.24) is 5.48 Å². The standard InChI is InChI=1S/C16H23NO5/c1-16-9-8-11(21-16)12(14(18)20-2)13(16)15(19)22-17-10-6-4-3-5-7-10/h10-11,17H,3-9H2,1-2H3. The highest BCUT2D eigenvalue weighted by Crippen LogP contribution is 2.48. The van der Waals surface area contributed by atoms with Gasteiger partial charge in [0.15, 0.2) is 0 Å². The third-order valence-electron chi connectivity index (χ3n) is 4.94. The minimum Gasteiger partial charge on any atom is -0.466 e. The topological polar surface area (TPSA) is 73.9 Å². The van der Waals surface area contributed by atoms with Crippen LogP contribution in [-0.2, 0) is 23.9 Å². The van der Waals surface area contributed by atoms with Crippen molar-refractivity contribution in [3.63, 3.8) is 0 Å². The highest BCUT2D eigenvalue weighted by atomic mass is 16.7. The summed E-state index contributed by atoms with van der Waals surface area (Å²) in [5, 5.41) is 0. The van der Waals surface area contributed by atoms with Crippen LogP contribution in [0.15, 0.2) is 11.1 Å². The Bertz CT molecular complexity index is 509. The van der Waals surface area contributed by atoms with E-state index in [1.807, 2.05) is 6.92 Å². The summed E-state index contributed by atoms with van der Waals surface area (Å²) >= 11 is 0. The van der Waals surface area contributed by atoms with E-state index in [0.29, 0.717) is 17.6 Å². The fraction of sp³-hybridized carbons (Fsp3) is 0.750. The Morgan fingerprint density at radius 2 is 1.91 bits per heavy atom. The predicted molar refractivity (Wildman–Crippen MR) is 77.7 cm³/mol. The van der Waals surface area contributed by atoms with Crippen molar-refractivity contribution in [2.45, 2.75) is 69.6 Å². The van der Waals surface area contributed by atoms with Gasteiger partial charge in [-0.25, -0.2) is 9.59 Å². The number of methoxy groups -OCH3 is 1. The molecule has 22 heavy (non-hydrogen) atoms. The number of nitrogens with one attached hydrogen (secondary N) is 1. The van der Waals surface area contributed by atoms with Crippen molar-refractivity contribution in [3.05, 3.63) is 11.1 Å². The molecule has 2 heterocycles. The van der Waals surface area contributed by atoms with E-state index in [0.717, 1.165) is 32.1 Å². The number of rotatable bonds is 4. The van der Waals surface area contributed by atoms with Gasteiger partial charge in [-0.2, -0.15) is 0 Å². The molecule has 3 rings (SSSR count). The SMILES string of the molecule is COC(=O)C1=C(C(=O)ONC2CCCCC2)C2(C)CCC1O2. The van der Waals surface area contributed by atoms with E-state index in [-0.39, 0.29) is 12.1 Å². The lowest BCUT2D eigenvalue weighted by Crippen LogP contribution is -2.38. The van der Waals surface area contributed by atoms with Crippen LogP contribution in [0.25, 0.3) is 0 Å². The molecule has 1 aliphatic carbocycles. The van der Waals surface area contributed by atoms with Gasteiger partial charge in [-0.05, 0) is 32.6 Å². The van der Waals surface area contributed by atoms with Crippen molar-refractivity contribution in [1.29, 1.82) is 0 Å². The highest BCUT2D eigenvalue weighted by molar-refractivity contribution is 6.03. The fourth-order valence-electron chi connectivity index (χ4n) is 3.75. The van der Waals surface area contributed by atoms with Gasteiger partial charge >= 0.3 is 11.9 Å². The van der Waals surface area contributed by atoms with Crippen LogP contribution in [0.5, 0.6) is 0 Å². The minimum atomic E-state index is -0.737. The van der Waals surface area contributed by atoms with Crippen LogP contribution in [0.1, 0.15) is 51.9 Å². The normalized spacial score (nSPS) is 31.5. The molecular weight excluding hydrogens is 286 g/mol. The van der Waals surface area contributed by atoms with Gasteiger partial charge in [0.05, 0.1) is 30.0 Å². The second-order valence-corrected chi connectivity index (χ2v) is 6.50. The minimum absolute atomic E-state index is 0.201. The molecule has 122 valence electrons. The molecule has 0 aromatic heterocycles. The van der Waals surface area contributed by atoms with Gasteiger partial charge in [-0.1, -0.05) is 19.3 Å². The molecule has 1 N–H and O–H groups in total. The summed E-state index contributed by atoms with van der Waals surface area (Å²) in [6.07, 6.45) is 6.63. The maximum absolute atomic E-state index is 12.5. The van der Waals surface area contributed by atoms with Gasteiger partial charge in [0, 0.05) is 6.04 Å². The van der Waals surface area contributed by atoms with E-state index < -0.39 is 17.5 Å². The number of carbonyl (C=O) groups is 2. The van der Waals surface area contributed by atoms with Gasteiger partial charge in [-0.3, -0.25) is 0 Å². The van der Waals surface area contributed by atoms with E-state index >= 15 is 0 Å². The molecule has 1 saturated heterocycles. The average Bonchev–Trinajstić information content (AvgIpc) is 3.06. The van der Waals surface area contributed by atoms with Crippen LogP contribution in [0.4, 0.5) is 0 Å². The van der Waals surface area contributed by atoms with Crippen molar-refractivity contribution >= 4 is 11.9 Å². The number of hydrogen-bond donors (Lipinski definition) is 1. The second kappa shape index (κ2) is 6.01. The van der Waals surface area contributed by atoms with E-state index in [1.165, 1.54) is 13.5 Å². The van der Waals surface area contributed by atoms with Crippen molar-refractivity contribution in [3.8, 4) is 0 Å². The molecule has 3 aliphatic rings. The Morgan fingerprint density at radius 1 is 1.18 bits per heavy atom. The number of esters is 1. The number of hydroxylamine groups is 1. The van der Waals surface area contributed by atoms with E-state index in [2.05, 4.69) is 5.48 Å². The Labute approximate surface area is 130 Å². The molecule has 2 aliphatic heterocycles. The van der Waals surface area contributed by atoms with Crippen LogP contribution in [0.3, 0.4) is 0 Å². The maximum Gasteiger partial charge on any atom is 0.356 e. The van der Waals surface area contributed by atoms with Crippen LogP contribution >= 0.6 is 0 Å². The van der Waals surface area contributed by atoms with Crippen LogP contribution in [0, 0.1) is 0 Å². The van der Waals surface area contributed by atoms with E-state index in [9.17, 15) is 9.59 Å². The summed E-state index contributed by atoms with van der Waals surface area (Å²) in [6, 6.07) is 0.201. The molecule has 2 atom stereocenters. The monoisotopic (exact) mass is 309 g/mol. The zero-order valence-electron chi connectivity index (χ0n) is 13.1. The molecule has 2 bridgehead atoms. The number of ether oxygens (including phenoxy) is 2. The molecule has 0 radical (unpaired) electrons. The maximum atomic E-state index is 12.5. The molecule has 1 saturated carbocycles. The molecule has 2 unspecified atom stereocenters. The largest absolute Gasteiger partial charge is 0.466 e. The van der Waals surface area contributed by atoms with Gasteiger partial charge in [0.1, 0.15) is 0 Å². The summed E-state index contributed by atoms with van der Waals surface area (Å²) in [4.78, 5) is 29.7. The molecule has 2 fully saturated rings. The average molecular weight is 309 g/mol. The number of fused-ring (bicyclic) bond motifs is 2. The third kappa shape index (κ3) is 2.65. The Kier molecular flexibility index (Phi) is 4.23. The van der Waals surface area contributed by atoms with Crippen molar-refractivity contribution in [2.75, 3.05) is 7.11 Å². The summed E-state index contributed by atoms with van der Waals surface area (Å²) < 4.78 is 10.6. The van der Waals surface area contributed by atoms with Crippen molar-refractivity contribution in [2.24, 2.45) is 0 Å². The zero-order valence-corrected chi connectivity index (χ0v) is 13.1. The Balaban J connectivity index is 1.73. The van der Waals surface area contributed by atoms with Crippen LogP contribution in [-0.4, -0.2) is 36.8 Å².